The standard InChI is InChI=1S/C23H28FN3O2S2/c1-2-5-20(27-23(29)25-15-16-8-10-18(24)11-9-16)21(28)26-19-7-3-6-17(14-19)22-30-12-4-13-31-22/h3,6-11,14,20,22H,2,4-5,12-13,15H2,1H3,(H,26,28)(H2,25,27,29). The molecule has 5 nitrogen and oxygen atoms in total. The summed E-state index contributed by atoms with van der Waals surface area (Å²) >= 11 is 3.87. The van der Waals surface area contributed by atoms with Crippen LogP contribution >= 0.6 is 23.5 Å². The molecule has 2 aromatic carbocycles. The molecular weight excluding hydrogens is 433 g/mol. The van der Waals surface area contributed by atoms with Gasteiger partial charge in [-0.2, -0.15) is 0 Å². The SMILES string of the molecule is CCCC(NC(=O)NCc1ccc(F)cc1)C(=O)Nc1cccc(C2SCCCS2)c1. The van der Waals surface area contributed by atoms with Gasteiger partial charge in [0.15, 0.2) is 0 Å². The van der Waals surface area contributed by atoms with Crippen LogP contribution in [0.1, 0.15) is 41.9 Å². The Kier molecular flexibility index (Phi) is 9.09. The molecule has 0 bridgehead atoms. The zero-order valence-electron chi connectivity index (χ0n) is 17.5. The van der Waals surface area contributed by atoms with Gasteiger partial charge in [-0.15, -0.1) is 23.5 Å². The third-order valence-corrected chi connectivity index (χ3v) is 7.83. The Hall–Kier alpha value is -2.19. The molecule has 3 rings (SSSR count). The van der Waals surface area contributed by atoms with Gasteiger partial charge in [0.2, 0.25) is 5.91 Å². The van der Waals surface area contributed by atoms with Crippen LogP contribution in [0, 0.1) is 5.82 Å². The fourth-order valence-electron chi connectivity index (χ4n) is 3.22. The maximum Gasteiger partial charge on any atom is 0.315 e. The van der Waals surface area contributed by atoms with Crippen molar-refractivity contribution in [3.05, 3.63) is 65.5 Å². The maximum absolute atomic E-state index is 13.0. The van der Waals surface area contributed by atoms with E-state index in [1.54, 1.807) is 12.1 Å². The zero-order chi connectivity index (χ0) is 22.1. The van der Waals surface area contributed by atoms with Crippen molar-refractivity contribution in [1.82, 2.24) is 10.6 Å². The van der Waals surface area contributed by atoms with Crippen LogP contribution in [0.3, 0.4) is 0 Å². The summed E-state index contributed by atoms with van der Waals surface area (Å²) in [5.74, 6) is 1.76. The molecule has 0 aromatic heterocycles. The van der Waals surface area contributed by atoms with E-state index in [4.69, 9.17) is 0 Å². The number of hydrogen-bond donors (Lipinski definition) is 3. The van der Waals surface area contributed by atoms with Crippen molar-refractivity contribution in [2.24, 2.45) is 0 Å². The van der Waals surface area contributed by atoms with E-state index in [-0.39, 0.29) is 18.3 Å². The average molecular weight is 462 g/mol. The van der Waals surface area contributed by atoms with Gasteiger partial charge in [-0.05, 0) is 59.7 Å². The van der Waals surface area contributed by atoms with E-state index in [1.807, 2.05) is 48.6 Å². The number of amides is 3. The molecule has 1 aliphatic rings. The maximum atomic E-state index is 13.0. The van der Waals surface area contributed by atoms with Crippen molar-refractivity contribution in [2.75, 3.05) is 16.8 Å². The molecule has 1 aliphatic heterocycles. The van der Waals surface area contributed by atoms with Crippen LogP contribution in [0.5, 0.6) is 0 Å². The van der Waals surface area contributed by atoms with Gasteiger partial charge in [-0.3, -0.25) is 4.79 Å². The minimum Gasteiger partial charge on any atom is -0.334 e. The number of hydrogen-bond acceptors (Lipinski definition) is 4. The first-order chi connectivity index (χ1) is 15.0. The lowest BCUT2D eigenvalue weighted by atomic mass is 10.1. The first-order valence-corrected chi connectivity index (χ1v) is 12.6. The molecule has 2 aromatic rings. The molecule has 0 aliphatic carbocycles. The molecule has 1 heterocycles. The topological polar surface area (TPSA) is 70.2 Å². The number of carbonyl (C=O) groups excluding carboxylic acids is 2. The van der Waals surface area contributed by atoms with Crippen molar-refractivity contribution in [2.45, 2.75) is 43.4 Å². The molecule has 8 heteroatoms. The van der Waals surface area contributed by atoms with E-state index in [0.29, 0.717) is 11.0 Å². The fraction of sp³-hybridized carbons (Fsp3) is 0.391. The highest BCUT2D eigenvalue weighted by Crippen LogP contribution is 2.44. The molecule has 3 amide bonds. The smallest absolute Gasteiger partial charge is 0.315 e. The molecule has 0 radical (unpaired) electrons. The minimum absolute atomic E-state index is 0.236. The molecule has 31 heavy (non-hydrogen) atoms. The largest absolute Gasteiger partial charge is 0.334 e. The first-order valence-electron chi connectivity index (χ1n) is 10.5. The van der Waals surface area contributed by atoms with E-state index in [2.05, 4.69) is 22.0 Å². The molecule has 0 spiro atoms. The highest BCUT2D eigenvalue weighted by Gasteiger charge is 2.21. The molecule has 1 unspecified atom stereocenters. The Bertz CT molecular complexity index is 873. The molecule has 1 fully saturated rings. The van der Waals surface area contributed by atoms with E-state index in [0.717, 1.165) is 29.2 Å². The number of rotatable bonds is 8. The highest BCUT2D eigenvalue weighted by molar-refractivity contribution is 8.16. The normalized spacial score (nSPS) is 15.2. The first kappa shape index (κ1) is 23.5. The summed E-state index contributed by atoms with van der Waals surface area (Å²) in [7, 11) is 0. The van der Waals surface area contributed by atoms with Gasteiger partial charge in [0.05, 0.1) is 4.58 Å². The lowest BCUT2D eigenvalue weighted by Crippen LogP contribution is -2.47. The summed E-state index contributed by atoms with van der Waals surface area (Å²) in [4.78, 5) is 25.1. The second-order valence-corrected chi connectivity index (χ2v) is 10.1. The van der Waals surface area contributed by atoms with Crippen molar-refractivity contribution in [3.8, 4) is 0 Å². The summed E-state index contributed by atoms with van der Waals surface area (Å²) in [6.45, 7) is 2.22. The molecule has 0 saturated carbocycles. The van der Waals surface area contributed by atoms with Crippen LogP contribution in [0.25, 0.3) is 0 Å². The molecular formula is C23H28FN3O2S2. The number of anilines is 1. The van der Waals surface area contributed by atoms with Gasteiger partial charge in [0.1, 0.15) is 11.9 Å². The molecule has 1 saturated heterocycles. The second kappa shape index (κ2) is 12.0. The summed E-state index contributed by atoms with van der Waals surface area (Å²) in [6.07, 6.45) is 2.52. The van der Waals surface area contributed by atoms with Crippen molar-refractivity contribution < 1.29 is 14.0 Å². The Morgan fingerprint density at radius 2 is 1.87 bits per heavy atom. The molecule has 3 N–H and O–H groups in total. The Balaban J connectivity index is 1.55. The quantitative estimate of drug-likeness (QED) is 0.499. The average Bonchev–Trinajstić information content (AvgIpc) is 2.79. The van der Waals surface area contributed by atoms with Crippen LogP contribution in [-0.4, -0.2) is 29.5 Å². The van der Waals surface area contributed by atoms with Crippen molar-refractivity contribution >= 4 is 41.1 Å². The number of carbonyl (C=O) groups is 2. The third kappa shape index (κ3) is 7.47. The van der Waals surface area contributed by atoms with Crippen molar-refractivity contribution in [1.29, 1.82) is 0 Å². The lowest BCUT2D eigenvalue weighted by molar-refractivity contribution is -0.118. The molecule has 1 atom stereocenters. The van der Waals surface area contributed by atoms with E-state index < -0.39 is 12.1 Å². The Labute approximate surface area is 191 Å². The van der Waals surface area contributed by atoms with E-state index in [9.17, 15) is 14.0 Å². The number of nitrogens with one attached hydrogen (secondary N) is 3. The van der Waals surface area contributed by atoms with Gasteiger partial charge in [-0.1, -0.05) is 37.6 Å². The Morgan fingerprint density at radius 1 is 1.13 bits per heavy atom. The monoisotopic (exact) mass is 461 g/mol. The van der Waals surface area contributed by atoms with Crippen LogP contribution < -0.4 is 16.0 Å². The fourth-order valence-corrected chi connectivity index (χ4v) is 6.10. The third-order valence-electron chi connectivity index (χ3n) is 4.82. The zero-order valence-corrected chi connectivity index (χ0v) is 19.2. The Morgan fingerprint density at radius 3 is 2.58 bits per heavy atom. The second-order valence-electron chi connectivity index (χ2n) is 7.34. The van der Waals surface area contributed by atoms with Gasteiger partial charge >= 0.3 is 6.03 Å². The van der Waals surface area contributed by atoms with Gasteiger partial charge < -0.3 is 16.0 Å². The predicted molar refractivity (Wildman–Crippen MR) is 128 cm³/mol. The minimum atomic E-state index is -0.639. The van der Waals surface area contributed by atoms with Crippen molar-refractivity contribution in [3.63, 3.8) is 0 Å². The summed E-state index contributed by atoms with van der Waals surface area (Å²) < 4.78 is 13.4. The molecule has 166 valence electrons. The number of urea groups is 1. The number of thioether (sulfide) groups is 2. The van der Waals surface area contributed by atoms with E-state index in [1.165, 1.54) is 24.1 Å². The summed E-state index contributed by atoms with van der Waals surface area (Å²) in [6, 6.07) is 12.8. The number of benzene rings is 2. The van der Waals surface area contributed by atoms with Crippen LogP contribution in [0.15, 0.2) is 48.5 Å². The summed E-state index contributed by atoms with van der Waals surface area (Å²) in [5.41, 5.74) is 2.72. The van der Waals surface area contributed by atoms with Crippen LogP contribution in [0.4, 0.5) is 14.9 Å². The van der Waals surface area contributed by atoms with Gasteiger partial charge in [0.25, 0.3) is 0 Å². The number of halogens is 1. The summed E-state index contributed by atoms with van der Waals surface area (Å²) in [5, 5.41) is 8.42. The highest BCUT2D eigenvalue weighted by atomic mass is 32.2. The van der Waals surface area contributed by atoms with Gasteiger partial charge in [0, 0.05) is 12.2 Å². The lowest BCUT2D eigenvalue weighted by Gasteiger charge is -2.22. The van der Waals surface area contributed by atoms with Crippen LogP contribution in [0.2, 0.25) is 0 Å². The predicted octanol–water partition coefficient (Wildman–Crippen LogP) is 5.30. The van der Waals surface area contributed by atoms with E-state index >= 15 is 0 Å². The van der Waals surface area contributed by atoms with Crippen LogP contribution in [-0.2, 0) is 11.3 Å². The van der Waals surface area contributed by atoms with Gasteiger partial charge in [-0.25, -0.2) is 9.18 Å².